The molecule has 14 heavy (non-hydrogen) atoms. The van der Waals surface area contributed by atoms with Gasteiger partial charge in [-0.3, -0.25) is 4.79 Å². The van der Waals surface area contributed by atoms with Gasteiger partial charge in [0.15, 0.2) is 5.78 Å². The molecule has 1 atom stereocenters. The predicted molar refractivity (Wildman–Crippen MR) is 56.9 cm³/mol. The molecular weight excluding hydrogens is 176 g/mol. The molecule has 0 radical (unpaired) electrons. The Kier molecular flexibility index (Phi) is 3.50. The van der Waals surface area contributed by atoms with E-state index in [1.54, 1.807) is 6.08 Å². The fraction of sp³-hybridized carbons (Fsp3) is 0.583. The summed E-state index contributed by atoms with van der Waals surface area (Å²) in [7, 11) is 0. The van der Waals surface area contributed by atoms with Crippen molar-refractivity contribution in [3.8, 4) is 0 Å². The summed E-state index contributed by atoms with van der Waals surface area (Å²) in [6.07, 6.45) is 6.00. The molecule has 1 aliphatic rings. The van der Waals surface area contributed by atoms with E-state index in [0.717, 1.165) is 25.0 Å². The summed E-state index contributed by atoms with van der Waals surface area (Å²) in [6, 6.07) is 0. The molecule has 0 aromatic rings. The monoisotopic (exact) mass is 194 g/mol. The zero-order valence-electron chi connectivity index (χ0n) is 9.01. The first-order valence-electron chi connectivity index (χ1n) is 5.11. The van der Waals surface area contributed by atoms with Crippen LogP contribution in [0.1, 0.15) is 33.1 Å². The van der Waals surface area contributed by atoms with Crippen LogP contribution in [0, 0.1) is 5.41 Å². The second kappa shape index (κ2) is 4.45. The van der Waals surface area contributed by atoms with Crippen molar-refractivity contribution in [1.29, 1.82) is 0 Å². The summed E-state index contributed by atoms with van der Waals surface area (Å²) in [5.74, 6) is 1.03. The summed E-state index contributed by atoms with van der Waals surface area (Å²) in [4.78, 5) is 11.7. The van der Waals surface area contributed by atoms with Crippen LogP contribution in [0.3, 0.4) is 0 Å². The molecule has 0 saturated carbocycles. The van der Waals surface area contributed by atoms with E-state index in [4.69, 9.17) is 4.74 Å². The Morgan fingerprint density at radius 2 is 2.43 bits per heavy atom. The van der Waals surface area contributed by atoms with E-state index in [1.807, 2.05) is 19.9 Å². The van der Waals surface area contributed by atoms with Gasteiger partial charge in [0.1, 0.15) is 5.76 Å². The lowest BCUT2D eigenvalue weighted by atomic mass is 9.82. The molecule has 1 unspecified atom stereocenters. The molecule has 2 heteroatoms. The number of hydrogen-bond acceptors (Lipinski definition) is 2. The van der Waals surface area contributed by atoms with E-state index in [2.05, 4.69) is 6.58 Å². The first kappa shape index (κ1) is 11.0. The van der Waals surface area contributed by atoms with Crippen molar-refractivity contribution >= 4 is 5.78 Å². The molecule has 0 amide bonds. The first-order chi connectivity index (χ1) is 6.62. The molecule has 0 bridgehead atoms. The summed E-state index contributed by atoms with van der Waals surface area (Å²) in [5.41, 5.74) is -0.251. The van der Waals surface area contributed by atoms with Crippen molar-refractivity contribution in [3.05, 3.63) is 24.5 Å². The average Bonchev–Trinajstić information content (AvgIpc) is 2.41. The Morgan fingerprint density at radius 3 is 3.00 bits per heavy atom. The Bertz CT molecular complexity index is 265. The van der Waals surface area contributed by atoms with Gasteiger partial charge in [-0.2, -0.15) is 0 Å². The number of ether oxygens (including phenoxy) is 1. The highest BCUT2D eigenvalue weighted by molar-refractivity contribution is 5.97. The van der Waals surface area contributed by atoms with Crippen LogP contribution in [0.2, 0.25) is 0 Å². The van der Waals surface area contributed by atoms with Crippen LogP contribution in [0.25, 0.3) is 0 Å². The van der Waals surface area contributed by atoms with Crippen molar-refractivity contribution in [2.75, 3.05) is 6.61 Å². The smallest absolute Gasteiger partial charge is 0.165 e. The largest absolute Gasteiger partial charge is 0.498 e. The van der Waals surface area contributed by atoms with E-state index in [1.165, 1.54) is 0 Å². The van der Waals surface area contributed by atoms with Gasteiger partial charge in [0.2, 0.25) is 0 Å². The lowest BCUT2D eigenvalue weighted by Gasteiger charge is -2.21. The second-order valence-electron chi connectivity index (χ2n) is 3.97. The minimum absolute atomic E-state index is 0.197. The van der Waals surface area contributed by atoms with Crippen molar-refractivity contribution in [2.45, 2.75) is 33.1 Å². The minimum Gasteiger partial charge on any atom is -0.498 e. The molecule has 0 heterocycles. The van der Waals surface area contributed by atoms with Gasteiger partial charge in [-0.25, -0.2) is 0 Å². The first-order valence-corrected chi connectivity index (χ1v) is 5.11. The van der Waals surface area contributed by atoms with Crippen molar-refractivity contribution in [1.82, 2.24) is 0 Å². The molecular formula is C12H18O2. The Labute approximate surface area is 85.6 Å². The fourth-order valence-corrected chi connectivity index (χ4v) is 1.75. The maximum atomic E-state index is 11.7. The summed E-state index contributed by atoms with van der Waals surface area (Å²) < 4.78 is 5.36. The number of carbonyl (C=O) groups excluding carboxylic acids is 1. The SMILES string of the molecule is C=CCCC1(C)CC(OCC)=CC1=O. The third-order valence-electron chi connectivity index (χ3n) is 2.68. The molecule has 2 nitrogen and oxygen atoms in total. The maximum absolute atomic E-state index is 11.7. The normalized spacial score (nSPS) is 26.1. The number of ketones is 1. The van der Waals surface area contributed by atoms with Gasteiger partial charge in [0, 0.05) is 17.9 Å². The van der Waals surface area contributed by atoms with Gasteiger partial charge in [0.25, 0.3) is 0 Å². The summed E-state index contributed by atoms with van der Waals surface area (Å²) in [5, 5.41) is 0. The van der Waals surface area contributed by atoms with E-state index in [-0.39, 0.29) is 11.2 Å². The Balaban J connectivity index is 2.59. The number of allylic oxidation sites excluding steroid dienone is 3. The van der Waals surface area contributed by atoms with E-state index in [0.29, 0.717) is 6.61 Å². The summed E-state index contributed by atoms with van der Waals surface area (Å²) >= 11 is 0. The zero-order chi connectivity index (χ0) is 10.6. The molecule has 78 valence electrons. The molecule has 0 aromatic heterocycles. The van der Waals surface area contributed by atoms with Gasteiger partial charge in [0.05, 0.1) is 6.61 Å². The van der Waals surface area contributed by atoms with Crippen LogP contribution in [0.15, 0.2) is 24.5 Å². The van der Waals surface area contributed by atoms with Crippen LogP contribution < -0.4 is 0 Å². The van der Waals surface area contributed by atoms with Crippen LogP contribution in [0.4, 0.5) is 0 Å². The third-order valence-corrected chi connectivity index (χ3v) is 2.68. The van der Waals surface area contributed by atoms with Gasteiger partial charge < -0.3 is 4.74 Å². The maximum Gasteiger partial charge on any atom is 0.165 e. The Morgan fingerprint density at radius 1 is 1.71 bits per heavy atom. The van der Waals surface area contributed by atoms with Gasteiger partial charge in [-0.1, -0.05) is 13.0 Å². The van der Waals surface area contributed by atoms with Gasteiger partial charge in [-0.05, 0) is 19.8 Å². The van der Waals surface area contributed by atoms with E-state index >= 15 is 0 Å². The van der Waals surface area contributed by atoms with Crippen LogP contribution in [-0.4, -0.2) is 12.4 Å². The van der Waals surface area contributed by atoms with Gasteiger partial charge in [-0.15, -0.1) is 6.58 Å². The number of hydrogen-bond donors (Lipinski definition) is 0. The molecule has 1 aliphatic carbocycles. The van der Waals surface area contributed by atoms with Crippen LogP contribution in [0.5, 0.6) is 0 Å². The van der Waals surface area contributed by atoms with Gasteiger partial charge >= 0.3 is 0 Å². The lowest BCUT2D eigenvalue weighted by molar-refractivity contribution is -0.122. The average molecular weight is 194 g/mol. The van der Waals surface area contributed by atoms with E-state index in [9.17, 15) is 4.79 Å². The van der Waals surface area contributed by atoms with Crippen LogP contribution >= 0.6 is 0 Å². The molecule has 1 rings (SSSR count). The van der Waals surface area contributed by atoms with Crippen molar-refractivity contribution < 1.29 is 9.53 Å². The highest BCUT2D eigenvalue weighted by atomic mass is 16.5. The Hall–Kier alpha value is -1.05. The van der Waals surface area contributed by atoms with Crippen LogP contribution in [-0.2, 0) is 9.53 Å². The molecule has 0 N–H and O–H groups in total. The lowest BCUT2D eigenvalue weighted by Crippen LogP contribution is -2.21. The summed E-state index contributed by atoms with van der Waals surface area (Å²) in [6.45, 7) is 8.25. The number of rotatable bonds is 5. The fourth-order valence-electron chi connectivity index (χ4n) is 1.75. The molecule has 0 spiro atoms. The minimum atomic E-state index is -0.251. The molecule has 0 saturated heterocycles. The second-order valence-corrected chi connectivity index (χ2v) is 3.97. The van der Waals surface area contributed by atoms with Crippen molar-refractivity contribution in [3.63, 3.8) is 0 Å². The third kappa shape index (κ3) is 2.25. The predicted octanol–water partition coefficient (Wildman–Crippen LogP) is 2.85. The highest BCUT2D eigenvalue weighted by Crippen LogP contribution is 2.38. The molecule has 0 aromatic carbocycles. The quantitative estimate of drug-likeness (QED) is 0.629. The zero-order valence-corrected chi connectivity index (χ0v) is 9.01. The van der Waals surface area contributed by atoms with E-state index < -0.39 is 0 Å². The molecule has 0 fully saturated rings. The topological polar surface area (TPSA) is 26.3 Å². The molecule has 0 aliphatic heterocycles. The van der Waals surface area contributed by atoms with Crippen molar-refractivity contribution in [2.24, 2.45) is 5.41 Å². The number of carbonyl (C=O) groups is 1. The standard InChI is InChI=1S/C12H18O2/c1-4-6-7-12(3)9-10(14-5-2)8-11(12)13/h4,8H,1,5-7,9H2,2-3H3. The highest BCUT2D eigenvalue weighted by Gasteiger charge is 2.37.